The van der Waals surface area contributed by atoms with E-state index in [-0.39, 0.29) is 12.1 Å². The average Bonchev–Trinajstić information content (AvgIpc) is 2.33. The summed E-state index contributed by atoms with van der Waals surface area (Å²) in [6.45, 7) is 3.27. The maximum Gasteiger partial charge on any atom is 0.323 e. The minimum absolute atomic E-state index is 0.0586. The van der Waals surface area contributed by atoms with Crippen LogP contribution in [-0.2, 0) is 11.3 Å². The molecule has 0 spiro atoms. The van der Waals surface area contributed by atoms with Crippen molar-refractivity contribution in [3.05, 3.63) is 35.1 Å². The Kier molecular flexibility index (Phi) is 4.94. The van der Waals surface area contributed by atoms with Gasteiger partial charge >= 0.3 is 5.97 Å². The molecule has 0 radical (unpaired) electrons. The van der Waals surface area contributed by atoms with Crippen molar-refractivity contribution in [3.63, 3.8) is 0 Å². The largest absolute Gasteiger partial charge is 0.480 e. The number of halogens is 3. The van der Waals surface area contributed by atoms with Gasteiger partial charge < -0.3 is 5.11 Å². The minimum Gasteiger partial charge on any atom is -0.480 e. The number of hydrogen-bond acceptors (Lipinski definition) is 2. The van der Waals surface area contributed by atoms with E-state index >= 15 is 0 Å². The number of nitrogens with one attached hydrogen (secondary N) is 1. The molecule has 3 nitrogen and oxygen atoms in total. The molecule has 0 aliphatic carbocycles. The number of rotatable bonds is 6. The lowest BCUT2D eigenvalue weighted by atomic mass is 9.96. The van der Waals surface area contributed by atoms with Gasteiger partial charge in [-0.3, -0.25) is 10.1 Å². The number of benzene rings is 1. The molecule has 0 heterocycles. The lowest BCUT2D eigenvalue weighted by Crippen LogP contribution is -2.48. The standard InChI is InChI=1S/C13H16F3NO2/c1-3-4-13(2,12(18)19)17-7-8-5-9(14)11(16)10(15)6-8/h5-6,17H,3-4,7H2,1-2H3,(H,18,19). The Balaban J connectivity index is 2.83. The molecule has 6 heteroatoms. The van der Waals surface area contributed by atoms with E-state index < -0.39 is 29.0 Å². The summed E-state index contributed by atoms with van der Waals surface area (Å²) in [5.74, 6) is -5.15. The third-order valence-electron chi connectivity index (χ3n) is 2.95. The molecule has 19 heavy (non-hydrogen) atoms. The highest BCUT2D eigenvalue weighted by molar-refractivity contribution is 5.78. The first-order chi connectivity index (χ1) is 8.80. The van der Waals surface area contributed by atoms with Crippen molar-refractivity contribution in [2.45, 2.75) is 38.8 Å². The van der Waals surface area contributed by atoms with Gasteiger partial charge in [0.05, 0.1) is 0 Å². The van der Waals surface area contributed by atoms with Crippen LogP contribution in [0.3, 0.4) is 0 Å². The maximum absolute atomic E-state index is 13.0. The Morgan fingerprint density at radius 2 is 1.84 bits per heavy atom. The summed E-state index contributed by atoms with van der Waals surface area (Å²) in [6, 6.07) is 1.69. The van der Waals surface area contributed by atoms with Gasteiger partial charge in [-0.25, -0.2) is 13.2 Å². The minimum atomic E-state index is -1.53. The van der Waals surface area contributed by atoms with Crippen LogP contribution in [0.4, 0.5) is 13.2 Å². The van der Waals surface area contributed by atoms with Gasteiger partial charge in [0.1, 0.15) is 5.54 Å². The van der Waals surface area contributed by atoms with Crippen LogP contribution in [0.25, 0.3) is 0 Å². The Bertz CT molecular complexity index is 456. The van der Waals surface area contributed by atoms with Gasteiger partial charge in [-0.2, -0.15) is 0 Å². The van der Waals surface area contributed by atoms with Crippen molar-refractivity contribution in [2.75, 3.05) is 0 Å². The fourth-order valence-corrected chi connectivity index (χ4v) is 1.78. The van der Waals surface area contributed by atoms with E-state index in [1.54, 1.807) is 0 Å². The summed E-state index contributed by atoms with van der Waals surface area (Å²) >= 11 is 0. The molecule has 1 rings (SSSR count). The van der Waals surface area contributed by atoms with Gasteiger partial charge in [-0.05, 0) is 31.0 Å². The predicted octanol–water partition coefficient (Wildman–Crippen LogP) is 2.84. The van der Waals surface area contributed by atoms with E-state index in [9.17, 15) is 18.0 Å². The highest BCUT2D eigenvalue weighted by Gasteiger charge is 2.31. The number of hydrogen-bond donors (Lipinski definition) is 2. The van der Waals surface area contributed by atoms with Gasteiger partial charge in [0.2, 0.25) is 0 Å². The Morgan fingerprint density at radius 1 is 1.32 bits per heavy atom. The van der Waals surface area contributed by atoms with Crippen LogP contribution in [0.5, 0.6) is 0 Å². The van der Waals surface area contributed by atoms with Crippen LogP contribution in [0.1, 0.15) is 32.3 Å². The van der Waals surface area contributed by atoms with Crippen LogP contribution in [-0.4, -0.2) is 16.6 Å². The summed E-state index contributed by atoms with van der Waals surface area (Å²) in [5.41, 5.74) is -1.03. The molecule has 1 atom stereocenters. The second-order valence-electron chi connectivity index (χ2n) is 4.61. The van der Waals surface area contributed by atoms with Crippen LogP contribution < -0.4 is 5.32 Å². The number of carboxylic acids is 1. The first kappa shape index (κ1) is 15.5. The highest BCUT2D eigenvalue weighted by Crippen LogP contribution is 2.17. The van der Waals surface area contributed by atoms with Crippen LogP contribution in [0.2, 0.25) is 0 Å². The Morgan fingerprint density at radius 3 is 2.26 bits per heavy atom. The quantitative estimate of drug-likeness (QED) is 0.785. The fraction of sp³-hybridized carbons (Fsp3) is 0.462. The average molecular weight is 275 g/mol. The van der Waals surface area contributed by atoms with Crippen molar-refractivity contribution < 1.29 is 23.1 Å². The normalized spacial score (nSPS) is 14.2. The zero-order valence-corrected chi connectivity index (χ0v) is 10.8. The highest BCUT2D eigenvalue weighted by atomic mass is 19.2. The summed E-state index contributed by atoms with van der Waals surface area (Å²) < 4.78 is 38.8. The van der Waals surface area contributed by atoms with E-state index in [0.29, 0.717) is 12.8 Å². The smallest absolute Gasteiger partial charge is 0.323 e. The fourth-order valence-electron chi connectivity index (χ4n) is 1.78. The molecule has 0 bridgehead atoms. The number of aliphatic carboxylic acids is 1. The molecule has 0 fully saturated rings. The summed E-state index contributed by atoms with van der Waals surface area (Å²) in [7, 11) is 0. The third-order valence-corrected chi connectivity index (χ3v) is 2.95. The molecule has 0 saturated carbocycles. The topological polar surface area (TPSA) is 49.3 Å². The van der Waals surface area contributed by atoms with Crippen LogP contribution in [0.15, 0.2) is 12.1 Å². The van der Waals surface area contributed by atoms with Crippen LogP contribution >= 0.6 is 0 Å². The van der Waals surface area contributed by atoms with Gasteiger partial charge in [-0.15, -0.1) is 0 Å². The SMILES string of the molecule is CCCC(C)(NCc1cc(F)c(F)c(F)c1)C(=O)O. The van der Waals surface area contributed by atoms with Gasteiger partial charge in [-0.1, -0.05) is 13.3 Å². The monoisotopic (exact) mass is 275 g/mol. The second-order valence-corrected chi connectivity index (χ2v) is 4.61. The molecule has 0 aliphatic rings. The maximum atomic E-state index is 13.0. The number of carbonyl (C=O) groups is 1. The second kappa shape index (κ2) is 6.06. The Hall–Kier alpha value is -1.56. The Labute approximate surface area is 109 Å². The lowest BCUT2D eigenvalue weighted by molar-refractivity contribution is -0.144. The lowest BCUT2D eigenvalue weighted by Gasteiger charge is -2.26. The van der Waals surface area contributed by atoms with E-state index in [4.69, 9.17) is 5.11 Å². The van der Waals surface area contributed by atoms with E-state index in [0.717, 1.165) is 12.1 Å². The van der Waals surface area contributed by atoms with Crippen molar-refractivity contribution in [3.8, 4) is 0 Å². The number of carboxylic acid groups (broad SMARTS) is 1. The zero-order chi connectivity index (χ0) is 14.6. The zero-order valence-electron chi connectivity index (χ0n) is 10.8. The first-order valence-corrected chi connectivity index (χ1v) is 5.92. The molecule has 1 unspecified atom stereocenters. The summed E-state index contributed by atoms with van der Waals surface area (Å²) in [4.78, 5) is 11.1. The van der Waals surface area contributed by atoms with Gasteiger partial charge in [0.15, 0.2) is 17.5 Å². The predicted molar refractivity (Wildman–Crippen MR) is 64.1 cm³/mol. The molecule has 1 aromatic carbocycles. The molecule has 2 N–H and O–H groups in total. The summed E-state index contributed by atoms with van der Waals surface area (Å²) in [6.07, 6.45) is 1.01. The van der Waals surface area contributed by atoms with Gasteiger partial charge in [0.25, 0.3) is 0 Å². The molecule has 1 aromatic rings. The third kappa shape index (κ3) is 3.70. The molecular formula is C13H16F3NO2. The van der Waals surface area contributed by atoms with Crippen molar-refractivity contribution in [2.24, 2.45) is 0 Å². The van der Waals surface area contributed by atoms with Crippen molar-refractivity contribution >= 4 is 5.97 Å². The first-order valence-electron chi connectivity index (χ1n) is 5.92. The molecule has 0 amide bonds. The van der Waals surface area contributed by atoms with Gasteiger partial charge in [0, 0.05) is 6.54 Å². The molecule has 0 aromatic heterocycles. The van der Waals surface area contributed by atoms with E-state index in [2.05, 4.69) is 5.32 Å². The van der Waals surface area contributed by atoms with Crippen LogP contribution in [0, 0.1) is 17.5 Å². The van der Waals surface area contributed by atoms with E-state index in [1.165, 1.54) is 6.92 Å². The van der Waals surface area contributed by atoms with Crippen molar-refractivity contribution in [1.29, 1.82) is 0 Å². The molecular weight excluding hydrogens is 259 g/mol. The molecule has 106 valence electrons. The summed E-state index contributed by atoms with van der Waals surface area (Å²) in [5, 5.41) is 11.9. The molecule has 0 saturated heterocycles. The molecule has 0 aliphatic heterocycles. The van der Waals surface area contributed by atoms with Crippen molar-refractivity contribution in [1.82, 2.24) is 5.32 Å². The van der Waals surface area contributed by atoms with E-state index in [1.807, 2.05) is 6.92 Å².